The number of rotatable bonds is 5. The van der Waals surface area contributed by atoms with E-state index in [0.29, 0.717) is 34.2 Å². The molecule has 2 aromatic carbocycles. The molecule has 222 valence electrons. The summed E-state index contributed by atoms with van der Waals surface area (Å²) >= 11 is 6.16. The first-order valence-electron chi connectivity index (χ1n) is 13.1. The summed E-state index contributed by atoms with van der Waals surface area (Å²) in [6, 6.07) is 8.46. The van der Waals surface area contributed by atoms with E-state index in [1.807, 2.05) is 0 Å². The Bertz CT molecular complexity index is 1690. The van der Waals surface area contributed by atoms with Gasteiger partial charge in [-0.25, -0.2) is 9.78 Å². The van der Waals surface area contributed by atoms with Crippen LogP contribution >= 0.6 is 11.6 Å². The Morgan fingerprint density at radius 2 is 2.02 bits per heavy atom. The molecule has 3 N–H and O–H groups in total. The topological polar surface area (TPSA) is 157 Å². The number of methoxy groups -OCH3 is 1. The van der Waals surface area contributed by atoms with Gasteiger partial charge < -0.3 is 15.0 Å². The largest absolute Gasteiger partial charge is 0.453 e. The van der Waals surface area contributed by atoms with Gasteiger partial charge in [0.15, 0.2) is 0 Å². The summed E-state index contributed by atoms with van der Waals surface area (Å²) in [5.41, 5.74) is 1.46. The normalized spacial score (nSPS) is 16.6. The molecular formula is C28H25ClF2N8O4. The third-order valence-electron chi connectivity index (χ3n) is 6.79. The Kier molecular flexibility index (Phi) is 8.57. The maximum absolute atomic E-state index is 15.1. The summed E-state index contributed by atoms with van der Waals surface area (Å²) in [5.74, 6) is -5.10. The smallest absolute Gasteiger partial charge is 0.411 e. The number of anilines is 1. The van der Waals surface area contributed by atoms with Crippen molar-refractivity contribution in [3.05, 3.63) is 77.0 Å². The number of aromatic nitrogens is 6. The van der Waals surface area contributed by atoms with E-state index in [9.17, 15) is 14.4 Å². The van der Waals surface area contributed by atoms with Crippen LogP contribution in [0.5, 0.6) is 0 Å². The van der Waals surface area contributed by atoms with Gasteiger partial charge in [-0.15, -0.1) is 5.10 Å². The number of halogens is 3. The van der Waals surface area contributed by atoms with E-state index in [-0.39, 0.29) is 29.7 Å². The molecule has 15 heteroatoms. The Hall–Kier alpha value is -4.98. The van der Waals surface area contributed by atoms with Crippen LogP contribution < -0.4 is 10.6 Å². The van der Waals surface area contributed by atoms with Crippen LogP contribution in [0, 0.1) is 0 Å². The number of aromatic amines is 1. The monoisotopic (exact) mass is 610 g/mol. The standard InChI is InChI=1S/C28H25ClF2N8O4/c1-43-27(42)34-18-7-8-19-20(13-18)25(41)28(30,31)11-3-2-4-21(26-32-14-22(19)36-26)35-24(40)10-5-16-12-17(29)6-9-23(16)39-15-33-37-38-39/h5-10,12-15,21H,2-4,11H2,1H3,(H,32,36)(H,34,42)(H,35,40)/b10-5+/t21-/m0/s1. The van der Waals surface area contributed by atoms with Gasteiger partial charge in [0, 0.05) is 39.9 Å². The number of hydrogen-bond donors (Lipinski definition) is 3. The second-order valence-corrected chi connectivity index (χ2v) is 10.1. The minimum absolute atomic E-state index is 0.0156. The molecular weight excluding hydrogens is 586 g/mol. The Labute approximate surface area is 248 Å². The van der Waals surface area contributed by atoms with Crippen LogP contribution in [0.25, 0.3) is 23.0 Å². The molecule has 0 spiro atoms. The highest BCUT2D eigenvalue weighted by Gasteiger charge is 2.40. The van der Waals surface area contributed by atoms with Crippen molar-refractivity contribution >= 4 is 41.1 Å². The summed E-state index contributed by atoms with van der Waals surface area (Å²) in [4.78, 5) is 45.2. The number of nitrogens with zero attached hydrogens (tertiary/aromatic N) is 5. The van der Waals surface area contributed by atoms with Gasteiger partial charge in [0.2, 0.25) is 11.7 Å². The zero-order valence-electron chi connectivity index (χ0n) is 22.7. The lowest BCUT2D eigenvalue weighted by Gasteiger charge is -2.20. The highest BCUT2D eigenvalue weighted by molar-refractivity contribution is 6.30. The summed E-state index contributed by atoms with van der Waals surface area (Å²) in [6.07, 6.45) is 4.78. The van der Waals surface area contributed by atoms with Gasteiger partial charge in [-0.2, -0.15) is 13.5 Å². The second-order valence-electron chi connectivity index (χ2n) is 9.69. The number of nitrogens with one attached hydrogen (secondary N) is 3. The van der Waals surface area contributed by atoms with Gasteiger partial charge in [-0.3, -0.25) is 14.9 Å². The SMILES string of the molecule is COC(=O)Nc1ccc2c(c1)C(=O)C(F)(F)CCCC[C@H](NC(=O)/C=C/c1cc(Cl)ccc1-n1cnnn1)c1ncc-2[nH]1. The number of fused-ring (bicyclic) bond motifs is 4. The highest BCUT2D eigenvalue weighted by Crippen LogP contribution is 2.35. The maximum atomic E-state index is 15.1. The molecule has 1 atom stereocenters. The van der Waals surface area contributed by atoms with E-state index in [1.54, 1.807) is 24.3 Å². The molecule has 0 unspecified atom stereocenters. The van der Waals surface area contributed by atoms with Crippen molar-refractivity contribution in [2.45, 2.75) is 37.6 Å². The lowest BCUT2D eigenvalue weighted by molar-refractivity contribution is -0.117. The Morgan fingerprint density at radius 3 is 2.79 bits per heavy atom. The summed E-state index contributed by atoms with van der Waals surface area (Å²) in [5, 5.41) is 16.8. The molecule has 12 nitrogen and oxygen atoms in total. The predicted molar refractivity (Wildman–Crippen MR) is 152 cm³/mol. The van der Waals surface area contributed by atoms with E-state index >= 15 is 8.78 Å². The van der Waals surface area contributed by atoms with Crippen LogP contribution in [0.3, 0.4) is 0 Å². The molecule has 0 saturated heterocycles. The number of benzene rings is 2. The quantitative estimate of drug-likeness (QED) is 0.262. The first-order chi connectivity index (χ1) is 20.6. The minimum Gasteiger partial charge on any atom is -0.453 e. The van der Waals surface area contributed by atoms with Crippen LogP contribution in [0.15, 0.2) is 55.0 Å². The van der Waals surface area contributed by atoms with Gasteiger partial charge in [0.1, 0.15) is 12.2 Å². The lowest BCUT2D eigenvalue weighted by Crippen LogP contribution is -2.30. The van der Waals surface area contributed by atoms with Crippen LogP contribution in [-0.4, -0.2) is 61.0 Å². The number of imidazole rings is 1. The number of hydrogen-bond acceptors (Lipinski definition) is 8. The molecule has 5 rings (SSSR count). The van der Waals surface area contributed by atoms with Crippen LogP contribution in [0.1, 0.15) is 53.5 Å². The summed E-state index contributed by atoms with van der Waals surface area (Å²) in [7, 11) is 1.16. The first kappa shape index (κ1) is 29.5. The number of alkyl halides is 2. The van der Waals surface area contributed by atoms with E-state index in [0.717, 1.165) is 7.11 Å². The van der Waals surface area contributed by atoms with Crippen molar-refractivity contribution < 1.29 is 27.9 Å². The number of H-pyrrole nitrogens is 1. The Morgan fingerprint density at radius 1 is 1.19 bits per heavy atom. The van der Waals surface area contributed by atoms with Gasteiger partial charge >= 0.3 is 12.0 Å². The van der Waals surface area contributed by atoms with Crippen molar-refractivity contribution in [1.29, 1.82) is 0 Å². The molecule has 0 saturated carbocycles. The second kappa shape index (κ2) is 12.5. The van der Waals surface area contributed by atoms with Crippen LogP contribution in [-0.2, 0) is 9.53 Å². The van der Waals surface area contributed by atoms with Gasteiger partial charge in [0.05, 0.1) is 30.7 Å². The number of ether oxygens (including phenoxy) is 1. The lowest BCUT2D eigenvalue weighted by atomic mass is 9.94. The average molecular weight is 611 g/mol. The summed E-state index contributed by atoms with van der Waals surface area (Å²) in [6.45, 7) is 0. The fraction of sp³-hybridized carbons (Fsp3) is 0.250. The fourth-order valence-electron chi connectivity index (χ4n) is 4.67. The van der Waals surface area contributed by atoms with E-state index in [2.05, 4.69) is 40.9 Å². The first-order valence-corrected chi connectivity index (χ1v) is 13.5. The number of carbonyl (C=O) groups excluding carboxylic acids is 3. The van der Waals surface area contributed by atoms with Gasteiger partial charge in [-0.1, -0.05) is 24.1 Å². The number of tetrazole rings is 1. The van der Waals surface area contributed by atoms with Crippen molar-refractivity contribution in [2.24, 2.45) is 0 Å². The molecule has 43 heavy (non-hydrogen) atoms. The zero-order chi connectivity index (χ0) is 30.6. The van der Waals surface area contributed by atoms with Gasteiger partial charge in [0.25, 0.3) is 0 Å². The molecule has 2 aromatic heterocycles. The molecule has 0 aliphatic carbocycles. The molecule has 1 aliphatic rings. The molecule has 0 fully saturated rings. The van der Waals surface area contributed by atoms with Crippen molar-refractivity contribution in [3.8, 4) is 16.9 Å². The third kappa shape index (κ3) is 6.75. The Balaban J connectivity index is 1.43. The molecule has 2 amide bonds. The van der Waals surface area contributed by atoms with Gasteiger partial charge in [-0.05, 0) is 59.7 Å². The van der Waals surface area contributed by atoms with Crippen molar-refractivity contribution in [2.75, 3.05) is 12.4 Å². The molecule has 4 aromatic rings. The number of ketones is 1. The summed E-state index contributed by atoms with van der Waals surface area (Å²) < 4.78 is 36.1. The zero-order valence-corrected chi connectivity index (χ0v) is 23.4. The molecule has 2 bridgehead atoms. The molecule has 0 radical (unpaired) electrons. The van der Waals surface area contributed by atoms with Crippen molar-refractivity contribution in [1.82, 2.24) is 35.5 Å². The fourth-order valence-corrected chi connectivity index (χ4v) is 4.85. The van der Waals surface area contributed by atoms with Crippen LogP contribution in [0.4, 0.5) is 19.3 Å². The minimum atomic E-state index is -3.66. The number of carbonyl (C=O) groups is 3. The highest BCUT2D eigenvalue weighted by atomic mass is 35.5. The number of Topliss-reactive ketones (excluding diaryl/α,β-unsaturated/α-hetero) is 1. The molecule has 3 heterocycles. The predicted octanol–water partition coefficient (Wildman–Crippen LogP) is 5.15. The van der Waals surface area contributed by atoms with Crippen molar-refractivity contribution in [3.63, 3.8) is 0 Å². The maximum Gasteiger partial charge on any atom is 0.411 e. The van der Waals surface area contributed by atoms with E-state index in [1.165, 1.54) is 41.5 Å². The van der Waals surface area contributed by atoms with E-state index in [4.69, 9.17) is 11.6 Å². The molecule has 1 aliphatic heterocycles. The average Bonchev–Trinajstić information content (AvgIpc) is 3.70. The third-order valence-corrected chi connectivity index (χ3v) is 7.03. The van der Waals surface area contributed by atoms with Crippen LogP contribution in [0.2, 0.25) is 5.02 Å². The number of amides is 2. The van der Waals surface area contributed by atoms with E-state index < -0.39 is 36.2 Å².